The van der Waals surface area contributed by atoms with Crippen molar-refractivity contribution in [1.29, 1.82) is 0 Å². The van der Waals surface area contributed by atoms with Gasteiger partial charge in [-0.3, -0.25) is 19.2 Å². The molecule has 5 N–H and O–H groups in total. The van der Waals surface area contributed by atoms with Crippen molar-refractivity contribution >= 4 is 40.5 Å². The van der Waals surface area contributed by atoms with Gasteiger partial charge < -0.3 is 30.9 Å². The van der Waals surface area contributed by atoms with Crippen molar-refractivity contribution in [3.63, 3.8) is 0 Å². The van der Waals surface area contributed by atoms with Crippen LogP contribution in [0.1, 0.15) is 88.5 Å². The van der Waals surface area contributed by atoms with E-state index in [2.05, 4.69) is 20.9 Å². The summed E-state index contributed by atoms with van der Waals surface area (Å²) >= 11 is 0. The fourth-order valence-electron chi connectivity index (χ4n) is 7.22. The highest BCUT2D eigenvalue weighted by molar-refractivity contribution is 6.00. The molecule has 1 spiro atoms. The van der Waals surface area contributed by atoms with Crippen LogP contribution in [0.3, 0.4) is 0 Å². The van der Waals surface area contributed by atoms with Crippen LogP contribution >= 0.6 is 0 Å². The number of carbonyl (C=O) groups excluding carboxylic acids is 4. The van der Waals surface area contributed by atoms with Crippen LogP contribution in [-0.2, 0) is 19.2 Å². The number of hydrogen-bond acceptors (Lipinski definition) is 5. The third-order valence-electron chi connectivity index (χ3n) is 9.75. The fraction of sp³-hybridized carbons (Fsp3) is 0.606. The molecule has 3 heterocycles. The van der Waals surface area contributed by atoms with Gasteiger partial charge >= 0.3 is 5.97 Å². The van der Waals surface area contributed by atoms with Gasteiger partial charge in [0.2, 0.25) is 17.7 Å². The number of aromatic nitrogens is 1. The molecule has 11 heteroatoms. The first kappa shape index (κ1) is 31.5. The number of rotatable bonds is 10. The molecular formula is C33H45N5O6. The summed E-state index contributed by atoms with van der Waals surface area (Å²) in [5, 5.41) is 19.6. The largest absolute Gasteiger partial charge is 0.480 e. The highest BCUT2D eigenvalue weighted by Crippen LogP contribution is 2.37. The third-order valence-corrected chi connectivity index (χ3v) is 9.75. The molecule has 3 aliphatic rings. The number of amides is 4. The molecule has 3 fully saturated rings. The van der Waals surface area contributed by atoms with Gasteiger partial charge in [-0.1, -0.05) is 64.2 Å². The molecule has 4 amide bonds. The smallest absolute Gasteiger partial charge is 0.326 e. The maximum absolute atomic E-state index is 13.6. The number of nitrogens with zero attached hydrogens (tertiary/aromatic N) is 1. The zero-order chi connectivity index (χ0) is 31.4. The Morgan fingerprint density at radius 1 is 1.00 bits per heavy atom. The van der Waals surface area contributed by atoms with Crippen molar-refractivity contribution in [3.8, 4) is 0 Å². The van der Waals surface area contributed by atoms with Gasteiger partial charge in [0.15, 0.2) is 0 Å². The number of hydrogen-bond donors (Lipinski definition) is 5. The first-order valence-electron chi connectivity index (χ1n) is 16.1. The zero-order valence-corrected chi connectivity index (χ0v) is 25.7. The average molecular weight is 608 g/mol. The average Bonchev–Trinajstić information content (AvgIpc) is 3.57. The summed E-state index contributed by atoms with van der Waals surface area (Å²) in [4.78, 5) is 69.6. The lowest BCUT2D eigenvalue weighted by Crippen LogP contribution is -2.53. The molecule has 1 aromatic heterocycles. The minimum absolute atomic E-state index is 0.0462. The number of likely N-dealkylation sites (tertiary alicyclic amines) is 1. The van der Waals surface area contributed by atoms with Gasteiger partial charge in [0.25, 0.3) is 5.91 Å². The Morgan fingerprint density at radius 3 is 2.36 bits per heavy atom. The summed E-state index contributed by atoms with van der Waals surface area (Å²) in [7, 11) is 0. The molecule has 44 heavy (non-hydrogen) atoms. The van der Waals surface area contributed by atoms with E-state index >= 15 is 0 Å². The Hall–Kier alpha value is -3.89. The SMILES string of the molecule is CC(C)C(=O)N1CCC2(CC1)CC(CC(NC(=O)[C@H](CC1CCCCC1)NC(=O)c1cc3ccccc3[nH]1)C(=O)O)C(=O)N2. The van der Waals surface area contributed by atoms with Crippen LogP contribution in [0.4, 0.5) is 0 Å². The van der Waals surface area contributed by atoms with Crippen molar-refractivity contribution in [1.82, 2.24) is 25.8 Å². The van der Waals surface area contributed by atoms with Gasteiger partial charge in [0.05, 0.1) is 0 Å². The van der Waals surface area contributed by atoms with Crippen molar-refractivity contribution in [2.24, 2.45) is 17.8 Å². The molecule has 5 rings (SSSR count). The molecule has 1 aromatic carbocycles. The second kappa shape index (κ2) is 13.4. The first-order chi connectivity index (χ1) is 21.0. The Bertz CT molecular complexity index is 1350. The molecule has 2 saturated heterocycles. The summed E-state index contributed by atoms with van der Waals surface area (Å²) < 4.78 is 0. The minimum atomic E-state index is -1.28. The number of H-pyrrole nitrogens is 1. The number of fused-ring (bicyclic) bond motifs is 1. The molecular weight excluding hydrogens is 562 g/mol. The van der Waals surface area contributed by atoms with E-state index in [9.17, 15) is 29.1 Å². The molecule has 3 atom stereocenters. The van der Waals surface area contributed by atoms with Crippen molar-refractivity contribution in [3.05, 3.63) is 36.0 Å². The van der Waals surface area contributed by atoms with Crippen LogP contribution < -0.4 is 16.0 Å². The number of aromatic amines is 1. The van der Waals surface area contributed by atoms with Crippen LogP contribution in [0, 0.1) is 17.8 Å². The van der Waals surface area contributed by atoms with E-state index in [1.165, 1.54) is 0 Å². The molecule has 0 radical (unpaired) electrons. The fourth-order valence-corrected chi connectivity index (χ4v) is 7.22. The molecule has 11 nitrogen and oxygen atoms in total. The number of piperidine rings is 1. The molecule has 2 unspecified atom stereocenters. The van der Waals surface area contributed by atoms with E-state index in [1.807, 2.05) is 43.0 Å². The lowest BCUT2D eigenvalue weighted by molar-refractivity contribution is -0.143. The molecule has 2 aliphatic heterocycles. The first-order valence-corrected chi connectivity index (χ1v) is 16.1. The highest BCUT2D eigenvalue weighted by Gasteiger charge is 2.47. The lowest BCUT2D eigenvalue weighted by atomic mass is 9.82. The van der Waals surface area contributed by atoms with Crippen LogP contribution in [0.5, 0.6) is 0 Å². The summed E-state index contributed by atoms with van der Waals surface area (Å²) in [6, 6.07) is 7.05. The van der Waals surface area contributed by atoms with E-state index in [1.54, 1.807) is 6.07 Å². The summed E-state index contributed by atoms with van der Waals surface area (Å²) in [6.07, 6.45) is 7.24. The number of carboxylic acids is 1. The summed E-state index contributed by atoms with van der Waals surface area (Å²) in [5.41, 5.74) is 0.665. The number of benzene rings is 1. The zero-order valence-electron chi connectivity index (χ0n) is 25.7. The Labute approximate surface area is 257 Å². The maximum Gasteiger partial charge on any atom is 0.326 e. The predicted octanol–water partition coefficient (Wildman–Crippen LogP) is 3.35. The number of aliphatic carboxylic acids is 1. The number of carbonyl (C=O) groups is 5. The third kappa shape index (κ3) is 7.25. The van der Waals surface area contributed by atoms with Gasteiger partial charge in [0, 0.05) is 41.4 Å². The van der Waals surface area contributed by atoms with Gasteiger partial charge in [-0.15, -0.1) is 0 Å². The van der Waals surface area contributed by atoms with Crippen LogP contribution in [0.25, 0.3) is 10.9 Å². The number of carboxylic acid groups (broad SMARTS) is 1. The van der Waals surface area contributed by atoms with Gasteiger partial charge in [-0.2, -0.15) is 0 Å². The predicted molar refractivity (Wildman–Crippen MR) is 165 cm³/mol. The van der Waals surface area contributed by atoms with E-state index in [0.717, 1.165) is 43.0 Å². The Kier molecular flexibility index (Phi) is 9.60. The molecule has 0 bridgehead atoms. The molecule has 1 aliphatic carbocycles. The van der Waals surface area contributed by atoms with Gasteiger partial charge in [-0.25, -0.2) is 4.79 Å². The van der Waals surface area contributed by atoms with Crippen LogP contribution in [0.2, 0.25) is 0 Å². The highest BCUT2D eigenvalue weighted by atomic mass is 16.4. The molecule has 2 aromatic rings. The quantitative estimate of drug-likeness (QED) is 0.278. The number of nitrogens with one attached hydrogen (secondary N) is 4. The van der Waals surface area contributed by atoms with E-state index < -0.39 is 41.3 Å². The lowest BCUT2D eigenvalue weighted by Gasteiger charge is -2.40. The van der Waals surface area contributed by atoms with Crippen molar-refractivity contribution < 1.29 is 29.1 Å². The maximum atomic E-state index is 13.6. The molecule has 1 saturated carbocycles. The molecule has 238 valence electrons. The summed E-state index contributed by atoms with van der Waals surface area (Å²) in [6.45, 7) is 4.82. The topological polar surface area (TPSA) is 161 Å². The van der Waals surface area contributed by atoms with Crippen LogP contribution in [-0.4, -0.2) is 75.3 Å². The van der Waals surface area contributed by atoms with Crippen molar-refractivity contribution in [2.75, 3.05) is 13.1 Å². The monoisotopic (exact) mass is 607 g/mol. The minimum Gasteiger partial charge on any atom is -0.480 e. The van der Waals surface area contributed by atoms with Crippen molar-refractivity contribution in [2.45, 2.75) is 95.7 Å². The van der Waals surface area contributed by atoms with E-state index in [-0.39, 0.29) is 30.1 Å². The van der Waals surface area contributed by atoms with E-state index in [4.69, 9.17) is 0 Å². The Balaban J connectivity index is 1.24. The van der Waals surface area contributed by atoms with E-state index in [0.29, 0.717) is 44.5 Å². The number of para-hydroxylation sites is 1. The van der Waals surface area contributed by atoms with Crippen LogP contribution in [0.15, 0.2) is 30.3 Å². The van der Waals surface area contributed by atoms with Gasteiger partial charge in [0.1, 0.15) is 17.8 Å². The second-order valence-corrected chi connectivity index (χ2v) is 13.3. The van der Waals surface area contributed by atoms with Gasteiger partial charge in [-0.05, 0) is 50.2 Å². The summed E-state index contributed by atoms with van der Waals surface area (Å²) in [5.74, 6) is -2.76. The Morgan fingerprint density at radius 2 is 1.70 bits per heavy atom. The standard InChI is InChI=1S/C33H45N5O6/c1-20(2)31(42)38-14-12-33(13-15-38)19-23(28(39)37-33)18-27(32(43)44)36-29(40)25(16-21-8-4-3-5-9-21)35-30(41)26-17-22-10-6-7-11-24(22)34-26/h6-7,10-11,17,20-21,23,25,27,34H,3-5,8-9,12-16,18-19H2,1-2H3,(H,35,41)(H,36,40)(H,37,39)(H,43,44)/t23?,25-,27?/m0/s1. The second-order valence-electron chi connectivity index (χ2n) is 13.3. The normalized spacial score (nSPS) is 21.7.